The fourth-order valence-corrected chi connectivity index (χ4v) is 4.33. The van der Waals surface area contributed by atoms with Crippen LogP contribution in [0.3, 0.4) is 0 Å². The van der Waals surface area contributed by atoms with Gasteiger partial charge in [-0.05, 0) is 25.0 Å². The predicted molar refractivity (Wildman–Crippen MR) is 97.0 cm³/mol. The zero-order valence-electron chi connectivity index (χ0n) is 13.5. The van der Waals surface area contributed by atoms with E-state index in [4.69, 9.17) is 11.6 Å². The molecule has 0 aliphatic heterocycles. The molecule has 0 radical (unpaired) electrons. The number of aromatic nitrogens is 1. The lowest BCUT2D eigenvalue weighted by Gasteiger charge is -2.08. The molecule has 2 rings (SSSR count). The normalized spacial score (nSPS) is 13.9. The van der Waals surface area contributed by atoms with E-state index in [1.165, 1.54) is 18.3 Å². The van der Waals surface area contributed by atoms with Crippen molar-refractivity contribution >= 4 is 38.7 Å². The molecule has 0 N–H and O–H groups in total. The van der Waals surface area contributed by atoms with Crippen molar-refractivity contribution in [3.05, 3.63) is 51.2 Å². The van der Waals surface area contributed by atoms with Crippen LogP contribution in [-0.4, -0.2) is 29.9 Å². The number of carbonyl (C=O) groups excluding carboxylic acids is 1. The minimum atomic E-state index is -3.46. The largest absolute Gasteiger partial charge is 0.319 e. The Kier molecular flexibility index (Phi) is 6.37. The summed E-state index contributed by atoms with van der Waals surface area (Å²) in [6, 6.07) is 7.42. The molecule has 1 heterocycles. The smallest absolute Gasteiger partial charge is 0.266 e. The Labute approximate surface area is 150 Å². The molecule has 1 amide bonds. The van der Waals surface area contributed by atoms with Crippen molar-refractivity contribution in [2.75, 3.05) is 5.75 Å². The van der Waals surface area contributed by atoms with Crippen LogP contribution in [-0.2, 0) is 21.2 Å². The van der Waals surface area contributed by atoms with E-state index in [0.717, 1.165) is 5.56 Å². The SMILES string of the molecule is CCCS(=O)(=O)C(C)C(=O)N=c1sccn1Cc1ccccc1Cl. The van der Waals surface area contributed by atoms with Crippen molar-refractivity contribution in [1.29, 1.82) is 0 Å². The molecule has 1 atom stereocenters. The van der Waals surface area contributed by atoms with Crippen molar-refractivity contribution < 1.29 is 13.2 Å². The van der Waals surface area contributed by atoms with Gasteiger partial charge in [-0.1, -0.05) is 36.7 Å². The fraction of sp³-hybridized carbons (Fsp3) is 0.375. The van der Waals surface area contributed by atoms with E-state index >= 15 is 0 Å². The third kappa shape index (κ3) is 4.55. The lowest BCUT2D eigenvalue weighted by atomic mass is 10.2. The number of amides is 1. The number of halogens is 1. The number of carbonyl (C=O) groups is 1. The molecule has 24 heavy (non-hydrogen) atoms. The molecule has 2 aromatic rings. The monoisotopic (exact) mass is 386 g/mol. The summed E-state index contributed by atoms with van der Waals surface area (Å²) in [4.78, 5) is 16.7. The zero-order valence-corrected chi connectivity index (χ0v) is 15.9. The molecule has 8 heteroatoms. The van der Waals surface area contributed by atoms with Crippen molar-refractivity contribution in [3.8, 4) is 0 Å². The first-order chi connectivity index (χ1) is 11.3. The van der Waals surface area contributed by atoms with Gasteiger partial charge in [-0.3, -0.25) is 4.79 Å². The maximum Gasteiger partial charge on any atom is 0.266 e. The second kappa shape index (κ2) is 8.09. The summed E-state index contributed by atoms with van der Waals surface area (Å²) in [5.74, 6) is -0.654. The van der Waals surface area contributed by atoms with Gasteiger partial charge in [-0.25, -0.2) is 8.42 Å². The Balaban J connectivity index is 2.28. The maximum atomic E-state index is 12.2. The predicted octanol–water partition coefficient (Wildman–Crippen LogP) is 2.89. The minimum Gasteiger partial charge on any atom is -0.319 e. The lowest BCUT2D eigenvalue weighted by Crippen LogP contribution is -2.30. The van der Waals surface area contributed by atoms with Gasteiger partial charge >= 0.3 is 0 Å². The Morgan fingerprint density at radius 3 is 2.75 bits per heavy atom. The van der Waals surface area contributed by atoms with Crippen molar-refractivity contribution in [2.45, 2.75) is 32.1 Å². The molecule has 0 bridgehead atoms. The van der Waals surface area contributed by atoms with Crippen LogP contribution >= 0.6 is 22.9 Å². The number of benzene rings is 1. The van der Waals surface area contributed by atoms with Gasteiger partial charge in [0.2, 0.25) is 0 Å². The first-order valence-corrected chi connectivity index (χ1v) is 10.5. The quantitative estimate of drug-likeness (QED) is 0.766. The van der Waals surface area contributed by atoms with Crippen LogP contribution in [0.5, 0.6) is 0 Å². The molecule has 0 saturated carbocycles. The van der Waals surface area contributed by atoms with E-state index in [1.807, 2.05) is 18.2 Å². The molecular formula is C16H19ClN2O3S2. The lowest BCUT2D eigenvalue weighted by molar-refractivity contribution is -0.117. The van der Waals surface area contributed by atoms with Crippen molar-refractivity contribution in [2.24, 2.45) is 4.99 Å². The van der Waals surface area contributed by atoms with Gasteiger partial charge in [-0.2, -0.15) is 4.99 Å². The highest BCUT2D eigenvalue weighted by Gasteiger charge is 2.26. The van der Waals surface area contributed by atoms with Crippen LogP contribution in [0.2, 0.25) is 5.02 Å². The fourth-order valence-electron chi connectivity index (χ4n) is 2.12. The Morgan fingerprint density at radius 2 is 2.08 bits per heavy atom. The number of hydrogen-bond donors (Lipinski definition) is 0. The highest BCUT2D eigenvalue weighted by atomic mass is 35.5. The van der Waals surface area contributed by atoms with Crippen LogP contribution in [0, 0.1) is 0 Å². The van der Waals surface area contributed by atoms with Gasteiger partial charge in [0, 0.05) is 16.6 Å². The summed E-state index contributed by atoms with van der Waals surface area (Å²) in [6.07, 6.45) is 2.27. The maximum absolute atomic E-state index is 12.2. The molecule has 1 aromatic carbocycles. The van der Waals surface area contributed by atoms with Gasteiger partial charge in [0.15, 0.2) is 14.6 Å². The van der Waals surface area contributed by atoms with E-state index in [-0.39, 0.29) is 5.75 Å². The molecule has 5 nitrogen and oxygen atoms in total. The van der Waals surface area contributed by atoms with Gasteiger partial charge in [-0.15, -0.1) is 11.3 Å². The second-order valence-electron chi connectivity index (χ2n) is 5.36. The van der Waals surface area contributed by atoms with Gasteiger partial charge < -0.3 is 4.57 Å². The summed E-state index contributed by atoms with van der Waals surface area (Å²) in [6.45, 7) is 3.62. The van der Waals surface area contributed by atoms with Gasteiger partial charge in [0.05, 0.1) is 12.3 Å². The molecule has 0 fully saturated rings. The molecule has 1 unspecified atom stereocenters. The Morgan fingerprint density at radius 1 is 1.38 bits per heavy atom. The standard InChI is InChI=1S/C16H19ClN2O3S2/c1-3-10-24(21,22)12(2)15(20)18-16-19(8-9-23-16)11-13-6-4-5-7-14(13)17/h4-9,12H,3,10-11H2,1-2H3. The summed E-state index contributed by atoms with van der Waals surface area (Å²) >= 11 is 7.44. The summed E-state index contributed by atoms with van der Waals surface area (Å²) < 4.78 is 25.8. The average molecular weight is 387 g/mol. The van der Waals surface area contributed by atoms with E-state index in [0.29, 0.717) is 22.8 Å². The molecule has 1 aromatic heterocycles. The first-order valence-electron chi connectivity index (χ1n) is 7.52. The highest BCUT2D eigenvalue weighted by molar-refractivity contribution is 7.92. The molecule has 130 valence electrons. The van der Waals surface area contributed by atoms with E-state index < -0.39 is 21.0 Å². The number of sulfone groups is 1. The molecule has 0 aliphatic carbocycles. The third-order valence-electron chi connectivity index (χ3n) is 3.54. The summed E-state index contributed by atoms with van der Waals surface area (Å²) in [7, 11) is -3.46. The van der Waals surface area contributed by atoms with Crippen LogP contribution in [0.25, 0.3) is 0 Å². The summed E-state index contributed by atoms with van der Waals surface area (Å²) in [5, 5.41) is 1.30. The number of nitrogens with zero attached hydrogens (tertiary/aromatic N) is 2. The molecule has 0 spiro atoms. The Bertz CT molecular complexity index is 884. The molecule has 0 saturated heterocycles. The number of rotatable bonds is 6. The highest BCUT2D eigenvalue weighted by Crippen LogP contribution is 2.15. The summed E-state index contributed by atoms with van der Waals surface area (Å²) in [5.41, 5.74) is 0.901. The molecule has 0 aliphatic rings. The van der Waals surface area contributed by atoms with E-state index in [2.05, 4.69) is 4.99 Å². The first kappa shape index (κ1) is 18.9. The third-order valence-corrected chi connectivity index (χ3v) is 6.96. The van der Waals surface area contributed by atoms with Crippen LogP contribution < -0.4 is 4.80 Å². The van der Waals surface area contributed by atoms with Crippen molar-refractivity contribution in [3.63, 3.8) is 0 Å². The topological polar surface area (TPSA) is 68.5 Å². The van der Waals surface area contributed by atoms with Crippen LogP contribution in [0.4, 0.5) is 0 Å². The average Bonchev–Trinajstić information content (AvgIpc) is 2.95. The van der Waals surface area contributed by atoms with Crippen LogP contribution in [0.15, 0.2) is 40.8 Å². The zero-order chi connectivity index (χ0) is 17.7. The molecular weight excluding hydrogens is 368 g/mol. The second-order valence-corrected chi connectivity index (χ2v) is 9.09. The van der Waals surface area contributed by atoms with Gasteiger partial charge in [0.1, 0.15) is 5.25 Å². The van der Waals surface area contributed by atoms with Crippen LogP contribution in [0.1, 0.15) is 25.8 Å². The minimum absolute atomic E-state index is 0.0144. The number of thiazole rings is 1. The Hall–Kier alpha value is -1.44. The van der Waals surface area contributed by atoms with Gasteiger partial charge in [0.25, 0.3) is 5.91 Å². The number of hydrogen-bond acceptors (Lipinski definition) is 4. The van der Waals surface area contributed by atoms with Crippen molar-refractivity contribution in [1.82, 2.24) is 4.57 Å². The van der Waals surface area contributed by atoms with E-state index in [9.17, 15) is 13.2 Å². The van der Waals surface area contributed by atoms with E-state index in [1.54, 1.807) is 29.1 Å².